The summed E-state index contributed by atoms with van der Waals surface area (Å²) in [5.74, 6) is -0.0634. The number of carboxylic acid groups (broad SMARTS) is 1. The Kier molecular flexibility index (Phi) is 5.24. The Bertz CT molecular complexity index is 584. The van der Waals surface area contributed by atoms with Crippen molar-refractivity contribution in [2.75, 3.05) is 0 Å². The summed E-state index contributed by atoms with van der Waals surface area (Å²) < 4.78 is 5.23. The Morgan fingerprint density at radius 1 is 1.57 bits per heavy atom. The molecule has 1 fully saturated rings. The van der Waals surface area contributed by atoms with E-state index >= 15 is 0 Å². The predicted molar refractivity (Wildman–Crippen MR) is 71.1 cm³/mol. The third kappa shape index (κ3) is 2.82. The Morgan fingerprint density at radius 3 is 2.90 bits per heavy atom. The van der Waals surface area contributed by atoms with Crippen LogP contribution in [0.4, 0.5) is 0 Å². The largest absolute Gasteiger partial charge is 1.00 e. The van der Waals surface area contributed by atoms with E-state index < -0.39 is 5.97 Å². The van der Waals surface area contributed by atoms with E-state index in [4.69, 9.17) is 4.42 Å². The van der Waals surface area contributed by atoms with Gasteiger partial charge in [-0.3, -0.25) is 4.79 Å². The number of aliphatic carboxylic acids is 1. The number of fused-ring (bicyclic) bond motifs is 1. The van der Waals surface area contributed by atoms with Crippen LogP contribution in [-0.4, -0.2) is 22.8 Å². The number of rotatable bonds is 5. The maximum absolute atomic E-state index is 11.9. The zero-order valence-electron chi connectivity index (χ0n) is 12.0. The van der Waals surface area contributed by atoms with Crippen molar-refractivity contribution in [1.29, 1.82) is 0 Å². The van der Waals surface area contributed by atoms with Crippen LogP contribution in [-0.2, 0) is 15.3 Å². The van der Waals surface area contributed by atoms with E-state index in [-0.39, 0.29) is 53.1 Å². The monoisotopic (exact) mass is 315 g/mol. The van der Waals surface area contributed by atoms with Crippen molar-refractivity contribution >= 4 is 23.6 Å². The van der Waals surface area contributed by atoms with Crippen LogP contribution >= 0.6 is 11.8 Å². The topological polar surface area (TPSA) is 73.6 Å². The third-order valence-corrected chi connectivity index (χ3v) is 4.99. The van der Waals surface area contributed by atoms with E-state index in [0.717, 1.165) is 17.1 Å². The molecule has 21 heavy (non-hydrogen) atoms. The molecule has 106 valence electrons. The molecule has 3 rings (SSSR count). The predicted octanol–water partition coefficient (Wildman–Crippen LogP) is -1.88. The van der Waals surface area contributed by atoms with Gasteiger partial charge in [-0.1, -0.05) is 6.92 Å². The summed E-state index contributed by atoms with van der Waals surface area (Å²) in [7, 11) is 0. The van der Waals surface area contributed by atoms with Gasteiger partial charge in [-0.25, -0.2) is 0 Å². The van der Waals surface area contributed by atoms with Crippen LogP contribution in [0.1, 0.15) is 25.5 Å². The fourth-order valence-corrected chi connectivity index (χ4v) is 3.96. The molecule has 2 aliphatic heterocycles. The quantitative estimate of drug-likeness (QED) is 0.470. The van der Waals surface area contributed by atoms with Crippen molar-refractivity contribution in [2.45, 2.75) is 31.6 Å². The molecule has 0 aromatic carbocycles. The van der Waals surface area contributed by atoms with Gasteiger partial charge < -0.3 is 19.2 Å². The van der Waals surface area contributed by atoms with Gasteiger partial charge in [0.1, 0.15) is 5.76 Å². The van der Waals surface area contributed by atoms with Gasteiger partial charge in [-0.2, -0.15) is 0 Å². The summed E-state index contributed by atoms with van der Waals surface area (Å²) in [4.78, 5) is 25.4. The smallest absolute Gasteiger partial charge is 0.543 e. The molecule has 5 nitrogen and oxygen atoms in total. The molecule has 0 bridgehead atoms. The van der Waals surface area contributed by atoms with Crippen LogP contribution < -0.4 is 34.7 Å². The van der Waals surface area contributed by atoms with Gasteiger partial charge in [0.05, 0.1) is 35.6 Å². The number of furan rings is 1. The van der Waals surface area contributed by atoms with E-state index in [1.807, 2.05) is 13.0 Å². The molecule has 0 saturated carbocycles. The molecule has 0 unspecified atom stereocenters. The van der Waals surface area contributed by atoms with Crippen LogP contribution in [0.3, 0.4) is 0 Å². The number of amides is 1. The van der Waals surface area contributed by atoms with Crippen LogP contribution in [0.5, 0.6) is 0 Å². The van der Waals surface area contributed by atoms with Crippen LogP contribution in [0.25, 0.3) is 0 Å². The zero-order valence-corrected chi connectivity index (χ0v) is 14.8. The first kappa shape index (κ1) is 16.7. The minimum atomic E-state index is -1.27. The average molecular weight is 315 g/mol. The summed E-state index contributed by atoms with van der Waals surface area (Å²) in [5.41, 5.74) is 0.0567. The van der Waals surface area contributed by atoms with E-state index in [9.17, 15) is 14.7 Å². The first-order valence-electron chi connectivity index (χ1n) is 6.56. The van der Waals surface area contributed by atoms with E-state index in [1.165, 1.54) is 16.7 Å². The van der Waals surface area contributed by atoms with Crippen molar-refractivity contribution < 1.29 is 48.7 Å². The third-order valence-electron chi connectivity index (χ3n) is 3.85. The normalized spacial score (nSPS) is 23.7. The summed E-state index contributed by atoms with van der Waals surface area (Å²) in [6.45, 7) is 1.95. The number of thioether (sulfide) groups is 1. The Balaban J connectivity index is 0.00000161. The van der Waals surface area contributed by atoms with E-state index in [0.29, 0.717) is 12.2 Å². The fraction of sp³-hybridized carbons (Fsp3) is 0.429. The van der Waals surface area contributed by atoms with Crippen LogP contribution in [0, 0.1) is 5.92 Å². The SMILES string of the molecule is CC[C@H]1C(=O)N2C(C(=O)[O-])=C(SCc3ccco3)C[C@H]12.[Na+]. The number of carbonyl (C=O) groups is 2. The van der Waals surface area contributed by atoms with Gasteiger partial charge in [0.2, 0.25) is 5.91 Å². The van der Waals surface area contributed by atoms with Gasteiger partial charge in [0, 0.05) is 11.3 Å². The molecule has 2 aliphatic rings. The van der Waals surface area contributed by atoms with E-state index in [1.54, 1.807) is 12.3 Å². The molecule has 2 atom stereocenters. The first-order chi connectivity index (χ1) is 9.63. The van der Waals surface area contributed by atoms with Crippen molar-refractivity contribution in [3.63, 3.8) is 0 Å². The second-order valence-electron chi connectivity index (χ2n) is 4.92. The van der Waals surface area contributed by atoms with Crippen LogP contribution in [0.15, 0.2) is 33.4 Å². The van der Waals surface area contributed by atoms with Crippen molar-refractivity contribution in [3.8, 4) is 0 Å². The average Bonchev–Trinajstić information content (AvgIpc) is 3.02. The Labute approximate surface area is 149 Å². The van der Waals surface area contributed by atoms with Gasteiger partial charge in [0.15, 0.2) is 0 Å². The number of hydrogen-bond acceptors (Lipinski definition) is 5. The fourth-order valence-electron chi connectivity index (χ4n) is 2.87. The molecule has 0 N–H and O–H groups in total. The molecule has 0 spiro atoms. The maximum atomic E-state index is 11.9. The Morgan fingerprint density at radius 2 is 2.33 bits per heavy atom. The van der Waals surface area contributed by atoms with Crippen molar-refractivity contribution in [2.24, 2.45) is 5.92 Å². The first-order valence-corrected chi connectivity index (χ1v) is 7.54. The molecule has 3 heterocycles. The molecule has 1 saturated heterocycles. The van der Waals surface area contributed by atoms with Crippen LogP contribution in [0.2, 0.25) is 0 Å². The zero-order chi connectivity index (χ0) is 14.3. The summed E-state index contributed by atoms with van der Waals surface area (Å²) in [6, 6.07) is 3.64. The molecule has 1 aromatic rings. The minimum Gasteiger partial charge on any atom is -0.543 e. The number of nitrogens with zero attached hydrogens (tertiary/aromatic N) is 1. The van der Waals surface area contributed by atoms with E-state index in [2.05, 4.69) is 0 Å². The maximum Gasteiger partial charge on any atom is 1.00 e. The van der Waals surface area contributed by atoms with Gasteiger partial charge in [0.25, 0.3) is 0 Å². The second-order valence-corrected chi connectivity index (χ2v) is 5.99. The standard InChI is InChI=1S/C14H15NO4S.Na/c1-2-9-10-6-11(20-7-8-4-3-5-19-8)12(14(17)18)15(10)13(9)16;/h3-5,9-10H,2,6-7H2,1H3,(H,17,18);/q;+1/p-1/t9-,10-;/m1./s1. The Hall–Kier alpha value is -0.690. The van der Waals surface area contributed by atoms with Gasteiger partial charge >= 0.3 is 29.6 Å². The summed E-state index contributed by atoms with van der Waals surface area (Å²) in [5, 5.41) is 11.3. The molecular formula is C14H14NNaO4S. The molecule has 0 radical (unpaired) electrons. The minimum absolute atomic E-state index is 0. The van der Waals surface area contributed by atoms with Gasteiger partial charge in [-0.05, 0) is 18.6 Å². The van der Waals surface area contributed by atoms with Gasteiger partial charge in [-0.15, -0.1) is 11.8 Å². The molecule has 1 amide bonds. The number of β-lactam (4-membered cyclic amide) rings is 1. The van der Waals surface area contributed by atoms with Crippen molar-refractivity contribution in [1.82, 2.24) is 4.90 Å². The number of hydrogen-bond donors (Lipinski definition) is 0. The number of carboxylic acids is 1. The molecular weight excluding hydrogens is 301 g/mol. The summed E-state index contributed by atoms with van der Waals surface area (Å²) >= 11 is 1.41. The van der Waals surface area contributed by atoms with Crippen molar-refractivity contribution in [3.05, 3.63) is 34.8 Å². The molecule has 7 heteroatoms. The molecule has 1 aromatic heterocycles. The summed E-state index contributed by atoms with van der Waals surface area (Å²) in [6.07, 6.45) is 2.94. The number of carbonyl (C=O) groups excluding carboxylic acids is 2. The molecule has 0 aliphatic carbocycles. The second kappa shape index (κ2) is 6.60.